The average molecular weight is 374 g/mol. The van der Waals surface area contributed by atoms with Crippen molar-refractivity contribution >= 4 is 19.4 Å². The van der Waals surface area contributed by atoms with E-state index in [0.29, 0.717) is 0 Å². The zero-order valence-corrected chi connectivity index (χ0v) is 14.2. The topological polar surface area (TPSA) is 148 Å². The van der Waals surface area contributed by atoms with Crippen LogP contribution >= 0.6 is 7.60 Å². The Balaban J connectivity index is 2.00. The molecule has 2 aromatic rings. The van der Waals surface area contributed by atoms with E-state index in [2.05, 4.69) is 0 Å². The Morgan fingerprint density at radius 2 is 1.36 bits per heavy atom. The maximum atomic E-state index is 12.7. The van der Waals surface area contributed by atoms with Crippen LogP contribution in [0.1, 0.15) is 25.4 Å². The lowest BCUT2D eigenvalue weighted by atomic mass is 10.5. The Morgan fingerprint density at radius 1 is 0.960 bits per heavy atom. The second-order valence-electron chi connectivity index (χ2n) is 5.17. The van der Waals surface area contributed by atoms with E-state index < -0.39 is 34.9 Å². The quantitative estimate of drug-likeness (QED) is 0.360. The van der Waals surface area contributed by atoms with Crippen molar-refractivity contribution in [2.45, 2.75) is 32.7 Å². The first-order chi connectivity index (χ1) is 11.7. The van der Waals surface area contributed by atoms with Crippen molar-refractivity contribution in [2.75, 3.05) is 0 Å². The smallest absolute Gasteiger partial charge is 0.403 e. The lowest BCUT2D eigenvalue weighted by Gasteiger charge is -2.20. The van der Waals surface area contributed by atoms with Gasteiger partial charge in [0.05, 0.1) is 17.8 Å². The molecule has 11 nitrogen and oxygen atoms in total. The van der Waals surface area contributed by atoms with Crippen molar-refractivity contribution in [3.8, 4) is 0 Å². The number of nitrogens with zero attached hydrogens (tertiary/aromatic N) is 2. The molecule has 0 aliphatic heterocycles. The molecule has 0 aliphatic carbocycles. The molecule has 0 amide bonds. The van der Waals surface area contributed by atoms with Crippen LogP contribution in [0.15, 0.2) is 33.1 Å². The average Bonchev–Trinajstić information content (AvgIpc) is 3.20. The summed E-state index contributed by atoms with van der Waals surface area (Å²) >= 11 is 0. The normalized spacial score (nSPS) is 11.8. The van der Waals surface area contributed by atoms with E-state index in [9.17, 15) is 24.8 Å². The van der Waals surface area contributed by atoms with Crippen LogP contribution in [0.4, 0.5) is 11.8 Å². The third kappa shape index (κ3) is 4.75. The number of rotatable bonds is 9. The SMILES string of the molecule is CC(C)P(=O)(OCc1ccc([N+](=O)[O-])o1)OCc1ccc([N+](=O)[O-])o1. The Bertz CT molecular complexity index is 750. The third-order valence-electron chi connectivity index (χ3n) is 3.06. The van der Waals surface area contributed by atoms with Crippen LogP contribution in [0.5, 0.6) is 0 Å². The van der Waals surface area contributed by atoms with Crippen LogP contribution in [0, 0.1) is 20.2 Å². The highest BCUT2D eigenvalue weighted by atomic mass is 31.2. The van der Waals surface area contributed by atoms with Gasteiger partial charge >= 0.3 is 19.4 Å². The molecule has 0 radical (unpaired) electrons. The molecule has 0 spiro atoms. The van der Waals surface area contributed by atoms with Gasteiger partial charge in [0.1, 0.15) is 34.6 Å². The summed E-state index contributed by atoms with van der Waals surface area (Å²) in [6.45, 7) is 2.63. The van der Waals surface area contributed by atoms with Crippen molar-refractivity contribution in [3.05, 3.63) is 56.0 Å². The van der Waals surface area contributed by atoms with Gasteiger partial charge in [0.15, 0.2) is 0 Å². The Labute approximate surface area is 141 Å². The summed E-state index contributed by atoms with van der Waals surface area (Å²) in [5, 5.41) is 21.1. The molecule has 2 heterocycles. The van der Waals surface area contributed by atoms with Crippen LogP contribution in [-0.2, 0) is 26.8 Å². The van der Waals surface area contributed by atoms with E-state index in [1.165, 1.54) is 12.1 Å². The summed E-state index contributed by atoms with van der Waals surface area (Å²) in [6.07, 6.45) is 0. The van der Waals surface area contributed by atoms with Crippen molar-refractivity contribution in [1.29, 1.82) is 0 Å². The summed E-state index contributed by atoms with van der Waals surface area (Å²) in [5.74, 6) is -0.682. The lowest BCUT2D eigenvalue weighted by Crippen LogP contribution is -2.06. The lowest BCUT2D eigenvalue weighted by molar-refractivity contribution is -0.402. The van der Waals surface area contributed by atoms with E-state index in [1.807, 2.05) is 0 Å². The van der Waals surface area contributed by atoms with E-state index in [4.69, 9.17) is 17.9 Å². The molecular formula is C13H15N2O9P. The number of nitro groups is 2. The molecule has 2 rings (SSSR count). The highest BCUT2D eigenvalue weighted by Gasteiger charge is 2.31. The van der Waals surface area contributed by atoms with Crippen LogP contribution < -0.4 is 0 Å². The second kappa shape index (κ2) is 7.60. The molecule has 25 heavy (non-hydrogen) atoms. The van der Waals surface area contributed by atoms with Crippen molar-refractivity contribution in [3.63, 3.8) is 0 Å². The van der Waals surface area contributed by atoms with Gasteiger partial charge in [-0.3, -0.25) is 24.8 Å². The van der Waals surface area contributed by atoms with Crippen LogP contribution in [0.2, 0.25) is 0 Å². The Morgan fingerprint density at radius 3 is 1.64 bits per heavy atom. The molecule has 136 valence electrons. The van der Waals surface area contributed by atoms with Gasteiger partial charge < -0.3 is 17.9 Å². The van der Waals surface area contributed by atoms with Crippen LogP contribution in [0.3, 0.4) is 0 Å². The number of hydrogen-bond donors (Lipinski definition) is 0. The summed E-state index contributed by atoms with van der Waals surface area (Å²) in [6, 6.07) is 4.97. The molecule has 0 aromatic carbocycles. The minimum absolute atomic E-state index is 0.116. The molecule has 0 fully saturated rings. The maximum Gasteiger partial charge on any atom is 0.433 e. The molecule has 0 atom stereocenters. The van der Waals surface area contributed by atoms with E-state index in [0.717, 1.165) is 12.1 Å². The molecule has 12 heteroatoms. The van der Waals surface area contributed by atoms with Crippen molar-refractivity contribution in [2.24, 2.45) is 0 Å². The first kappa shape index (κ1) is 18.8. The van der Waals surface area contributed by atoms with Gasteiger partial charge in [0, 0.05) is 0 Å². The van der Waals surface area contributed by atoms with Crippen LogP contribution in [-0.4, -0.2) is 15.5 Å². The van der Waals surface area contributed by atoms with Crippen molar-refractivity contribution < 1.29 is 32.3 Å². The van der Waals surface area contributed by atoms with Gasteiger partial charge in [-0.05, 0) is 12.1 Å². The molecule has 0 saturated heterocycles. The Kier molecular flexibility index (Phi) is 5.73. The largest absolute Gasteiger partial charge is 0.433 e. The number of hydrogen-bond acceptors (Lipinski definition) is 9. The van der Waals surface area contributed by atoms with Gasteiger partial charge in [-0.1, -0.05) is 13.8 Å². The van der Waals surface area contributed by atoms with Gasteiger partial charge in [0.2, 0.25) is 0 Å². The molecule has 0 saturated carbocycles. The fourth-order valence-corrected chi connectivity index (χ4v) is 3.01. The van der Waals surface area contributed by atoms with E-state index >= 15 is 0 Å². The predicted molar refractivity (Wildman–Crippen MR) is 83.0 cm³/mol. The maximum absolute atomic E-state index is 12.7. The summed E-state index contributed by atoms with van der Waals surface area (Å²) in [7, 11) is -3.61. The summed E-state index contributed by atoms with van der Waals surface area (Å²) < 4.78 is 33.2. The zero-order chi connectivity index (χ0) is 18.6. The first-order valence-corrected chi connectivity index (χ1v) is 8.67. The van der Waals surface area contributed by atoms with E-state index in [-0.39, 0.29) is 24.7 Å². The first-order valence-electron chi connectivity index (χ1n) is 7.06. The van der Waals surface area contributed by atoms with Crippen molar-refractivity contribution in [1.82, 2.24) is 0 Å². The molecular weight excluding hydrogens is 359 g/mol. The van der Waals surface area contributed by atoms with Gasteiger partial charge in [0.25, 0.3) is 0 Å². The standard InChI is InChI=1S/C13H15N2O9P/c1-9(2)25(20,21-7-10-3-5-12(23-10)14(16)17)22-8-11-4-6-13(24-11)15(18)19/h3-6,9H,7-8H2,1-2H3. The Hall–Kier alpha value is -2.49. The highest BCUT2D eigenvalue weighted by Crippen LogP contribution is 2.54. The summed E-state index contributed by atoms with van der Waals surface area (Å²) in [5.41, 5.74) is -0.526. The third-order valence-corrected chi connectivity index (χ3v) is 5.30. The zero-order valence-electron chi connectivity index (χ0n) is 13.3. The van der Waals surface area contributed by atoms with Gasteiger partial charge in [-0.25, -0.2) is 0 Å². The fourth-order valence-electron chi connectivity index (χ4n) is 1.73. The minimum atomic E-state index is -3.61. The number of furan rings is 2. The monoisotopic (exact) mass is 374 g/mol. The van der Waals surface area contributed by atoms with Gasteiger partial charge in [-0.2, -0.15) is 0 Å². The molecule has 0 bridgehead atoms. The molecule has 0 N–H and O–H groups in total. The predicted octanol–water partition coefficient (Wildman–Crippen LogP) is 4.02. The molecule has 0 unspecified atom stereocenters. The van der Waals surface area contributed by atoms with Crippen LogP contribution in [0.25, 0.3) is 0 Å². The highest BCUT2D eigenvalue weighted by molar-refractivity contribution is 7.54. The van der Waals surface area contributed by atoms with Gasteiger partial charge in [-0.15, -0.1) is 0 Å². The minimum Gasteiger partial charge on any atom is -0.403 e. The van der Waals surface area contributed by atoms with E-state index in [1.54, 1.807) is 13.8 Å². The second-order valence-corrected chi connectivity index (χ2v) is 7.80. The molecule has 0 aliphatic rings. The summed E-state index contributed by atoms with van der Waals surface area (Å²) in [4.78, 5) is 19.7. The molecule has 2 aromatic heterocycles. The fraction of sp³-hybridized carbons (Fsp3) is 0.385.